The summed E-state index contributed by atoms with van der Waals surface area (Å²) in [7, 11) is 0. The number of carboxylic acids is 1. The molecule has 0 saturated carbocycles. The maximum Gasteiger partial charge on any atom is 0.336 e. The zero-order valence-electron chi connectivity index (χ0n) is 11.1. The van der Waals surface area contributed by atoms with Crippen LogP contribution in [0.4, 0.5) is 5.69 Å². The van der Waals surface area contributed by atoms with Crippen molar-refractivity contribution in [3.63, 3.8) is 0 Å². The zero-order valence-corrected chi connectivity index (χ0v) is 12.7. The Morgan fingerprint density at radius 1 is 1.53 bits per heavy atom. The molecule has 1 aromatic rings. The van der Waals surface area contributed by atoms with Gasteiger partial charge in [0.2, 0.25) is 0 Å². The minimum atomic E-state index is -0.901. The summed E-state index contributed by atoms with van der Waals surface area (Å²) in [6, 6.07) is 3.90. The standard InChI is InChI=1S/C14H18BrNO3/c1-8-5-11(3-4-19-8)16-13-7-10(15)6-12(9(13)2)14(17)18/h6-8,11,16H,3-5H2,1-2H3,(H,17,18). The number of benzene rings is 1. The number of carboxylic acid groups (broad SMARTS) is 1. The van der Waals surface area contributed by atoms with Crippen molar-refractivity contribution >= 4 is 27.6 Å². The van der Waals surface area contributed by atoms with Gasteiger partial charge in [-0.1, -0.05) is 15.9 Å². The lowest BCUT2D eigenvalue weighted by Gasteiger charge is -2.29. The fourth-order valence-corrected chi connectivity index (χ4v) is 2.86. The Morgan fingerprint density at radius 2 is 2.26 bits per heavy atom. The molecule has 2 atom stereocenters. The molecular weight excluding hydrogens is 310 g/mol. The van der Waals surface area contributed by atoms with Gasteiger partial charge >= 0.3 is 5.97 Å². The molecule has 0 bridgehead atoms. The van der Waals surface area contributed by atoms with Crippen LogP contribution in [-0.4, -0.2) is 29.8 Å². The number of halogens is 1. The second kappa shape index (κ2) is 5.92. The van der Waals surface area contributed by atoms with Gasteiger partial charge in [0.1, 0.15) is 0 Å². The van der Waals surface area contributed by atoms with Crippen molar-refractivity contribution in [2.75, 3.05) is 11.9 Å². The molecular formula is C14H18BrNO3. The number of rotatable bonds is 3. The maximum absolute atomic E-state index is 11.2. The summed E-state index contributed by atoms with van der Waals surface area (Å²) in [5, 5.41) is 12.6. The van der Waals surface area contributed by atoms with Crippen LogP contribution in [0.15, 0.2) is 16.6 Å². The van der Waals surface area contributed by atoms with Gasteiger partial charge in [-0.05, 0) is 44.4 Å². The highest BCUT2D eigenvalue weighted by atomic mass is 79.9. The molecule has 5 heteroatoms. The topological polar surface area (TPSA) is 58.6 Å². The number of ether oxygens (including phenoxy) is 1. The smallest absolute Gasteiger partial charge is 0.336 e. The Labute approximate surface area is 121 Å². The van der Waals surface area contributed by atoms with E-state index >= 15 is 0 Å². The number of aromatic carboxylic acids is 1. The summed E-state index contributed by atoms with van der Waals surface area (Å²) < 4.78 is 6.29. The van der Waals surface area contributed by atoms with E-state index in [9.17, 15) is 9.90 Å². The summed E-state index contributed by atoms with van der Waals surface area (Å²) >= 11 is 3.36. The van der Waals surface area contributed by atoms with Gasteiger partial charge in [0.05, 0.1) is 11.7 Å². The van der Waals surface area contributed by atoms with Crippen LogP contribution < -0.4 is 5.32 Å². The molecule has 19 heavy (non-hydrogen) atoms. The highest BCUT2D eigenvalue weighted by molar-refractivity contribution is 9.10. The number of hydrogen-bond acceptors (Lipinski definition) is 3. The van der Waals surface area contributed by atoms with Gasteiger partial charge in [0, 0.05) is 22.8 Å². The van der Waals surface area contributed by atoms with Crippen LogP contribution in [0.3, 0.4) is 0 Å². The minimum Gasteiger partial charge on any atom is -0.478 e. The summed E-state index contributed by atoms with van der Waals surface area (Å²) in [5.74, 6) is -0.901. The molecule has 0 radical (unpaired) electrons. The molecule has 1 aromatic carbocycles. The first-order valence-electron chi connectivity index (χ1n) is 6.39. The van der Waals surface area contributed by atoms with Crippen molar-refractivity contribution < 1.29 is 14.6 Å². The quantitative estimate of drug-likeness (QED) is 0.892. The van der Waals surface area contributed by atoms with Crippen LogP contribution in [0.2, 0.25) is 0 Å². The third-order valence-electron chi connectivity index (χ3n) is 3.45. The van der Waals surface area contributed by atoms with Crippen LogP contribution in [0.25, 0.3) is 0 Å². The van der Waals surface area contributed by atoms with Gasteiger partial charge in [0.15, 0.2) is 0 Å². The Kier molecular flexibility index (Phi) is 4.47. The van der Waals surface area contributed by atoms with E-state index in [0.717, 1.165) is 35.2 Å². The molecule has 104 valence electrons. The van der Waals surface area contributed by atoms with Gasteiger partial charge in [0.25, 0.3) is 0 Å². The summed E-state index contributed by atoms with van der Waals surface area (Å²) in [6.07, 6.45) is 2.13. The molecule has 1 saturated heterocycles. The van der Waals surface area contributed by atoms with Crippen LogP contribution in [0, 0.1) is 6.92 Å². The molecule has 4 nitrogen and oxygen atoms in total. The first-order valence-corrected chi connectivity index (χ1v) is 7.18. The number of hydrogen-bond donors (Lipinski definition) is 2. The summed E-state index contributed by atoms with van der Waals surface area (Å²) in [6.45, 7) is 4.64. The normalized spacial score (nSPS) is 23.1. The fraction of sp³-hybridized carbons (Fsp3) is 0.500. The zero-order chi connectivity index (χ0) is 14.0. The Morgan fingerprint density at radius 3 is 2.89 bits per heavy atom. The monoisotopic (exact) mass is 327 g/mol. The SMILES string of the molecule is Cc1c(NC2CCOC(C)C2)cc(Br)cc1C(=O)O. The maximum atomic E-state index is 11.2. The van der Waals surface area contributed by atoms with Crippen LogP contribution >= 0.6 is 15.9 Å². The van der Waals surface area contributed by atoms with Crippen LogP contribution in [0.5, 0.6) is 0 Å². The average molecular weight is 328 g/mol. The van der Waals surface area contributed by atoms with E-state index in [2.05, 4.69) is 28.2 Å². The third-order valence-corrected chi connectivity index (χ3v) is 3.91. The molecule has 0 spiro atoms. The average Bonchev–Trinajstić information content (AvgIpc) is 2.33. The van der Waals surface area contributed by atoms with Crippen molar-refractivity contribution in [2.24, 2.45) is 0 Å². The molecule has 2 rings (SSSR count). The van der Waals surface area contributed by atoms with E-state index in [4.69, 9.17) is 4.74 Å². The molecule has 1 heterocycles. The van der Waals surface area contributed by atoms with Gasteiger partial charge in [-0.25, -0.2) is 4.79 Å². The van der Waals surface area contributed by atoms with Crippen molar-refractivity contribution in [2.45, 2.75) is 38.8 Å². The first-order chi connectivity index (χ1) is 8.97. The molecule has 1 fully saturated rings. The molecule has 2 N–H and O–H groups in total. The second-order valence-electron chi connectivity index (χ2n) is 4.98. The van der Waals surface area contributed by atoms with Crippen molar-refractivity contribution in [3.05, 3.63) is 27.7 Å². The van der Waals surface area contributed by atoms with E-state index in [1.54, 1.807) is 6.07 Å². The molecule has 2 unspecified atom stereocenters. The van der Waals surface area contributed by atoms with Crippen molar-refractivity contribution in [1.29, 1.82) is 0 Å². The van der Waals surface area contributed by atoms with Gasteiger partial charge < -0.3 is 15.2 Å². The van der Waals surface area contributed by atoms with E-state index in [0.29, 0.717) is 11.6 Å². The van der Waals surface area contributed by atoms with Gasteiger partial charge in [-0.2, -0.15) is 0 Å². The van der Waals surface area contributed by atoms with Crippen LogP contribution in [0.1, 0.15) is 35.7 Å². The van der Waals surface area contributed by atoms with Gasteiger partial charge in [-0.15, -0.1) is 0 Å². The summed E-state index contributed by atoms with van der Waals surface area (Å²) in [5.41, 5.74) is 1.98. The highest BCUT2D eigenvalue weighted by Crippen LogP contribution is 2.27. The number of anilines is 1. The largest absolute Gasteiger partial charge is 0.478 e. The lowest BCUT2D eigenvalue weighted by Crippen LogP contribution is -2.32. The third kappa shape index (κ3) is 3.48. The van der Waals surface area contributed by atoms with E-state index in [-0.39, 0.29) is 6.10 Å². The van der Waals surface area contributed by atoms with Crippen molar-refractivity contribution in [3.8, 4) is 0 Å². The fourth-order valence-electron chi connectivity index (χ4n) is 2.40. The summed E-state index contributed by atoms with van der Waals surface area (Å²) in [4.78, 5) is 11.2. The number of nitrogens with one attached hydrogen (secondary N) is 1. The molecule has 0 aromatic heterocycles. The van der Waals surface area contributed by atoms with E-state index in [1.807, 2.05) is 13.0 Å². The molecule has 1 aliphatic heterocycles. The predicted octanol–water partition coefficient (Wildman–Crippen LogP) is 3.44. The second-order valence-corrected chi connectivity index (χ2v) is 5.89. The highest BCUT2D eigenvalue weighted by Gasteiger charge is 2.21. The lowest BCUT2D eigenvalue weighted by molar-refractivity contribution is 0.0232. The van der Waals surface area contributed by atoms with Gasteiger partial charge in [-0.3, -0.25) is 0 Å². The van der Waals surface area contributed by atoms with Crippen molar-refractivity contribution in [1.82, 2.24) is 0 Å². The Hall–Kier alpha value is -1.07. The lowest BCUT2D eigenvalue weighted by atomic mass is 10.0. The predicted molar refractivity (Wildman–Crippen MR) is 77.9 cm³/mol. The molecule has 0 aliphatic carbocycles. The first kappa shape index (κ1) is 14.3. The number of carbonyl (C=O) groups is 1. The molecule has 0 amide bonds. The van der Waals surface area contributed by atoms with E-state index in [1.165, 1.54) is 0 Å². The Balaban J connectivity index is 2.22. The minimum absolute atomic E-state index is 0.248. The molecule has 1 aliphatic rings. The van der Waals surface area contributed by atoms with E-state index < -0.39 is 5.97 Å². The Bertz CT molecular complexity index is 490. The van der Waals surface area contributed by atoms with Crippen LogP contribution in [-0.2, 0) is 4.74 Å².